The van der Waals surface area contributed by atoms with E-state index in [4.69, 9.17) is 15.2 Å². The van der Waals surface area contributed by atoms with Gasteiger partial charge in [-0.25, -0.2) is 0 Å². The third-order valence-electron chi connectivity index (χ3n) is 4.45. The van der Waals surface area contributed by atoms with Crippen LogP contribution in [0.15, 0.2) is 42.5 Å². The van der Waals surface area contributed by atoms with Gasteiger partial charge in [0.2, 0.25) is 0 Å². The largest absolute Gasteiger partial charge is 0.497 e. The van der Waals surface area contributed by atoms with Gasteiger partial charge in [-0.2, -0.15) is 0 Å². The summed E-state index contributed by atoms with van der Waals surface area (Å²) >= 11 is 0. The Bertz CT molecular complexity index is 822. The van der Waals surface area contributed by atoms with E-state index in [0.29, 0.717) is 6.61 Å². The molecular formula is C21H26N2O2. The summed E-state index contributed by atoms with van der Waals surface area (Å²) in [5.41, 5.74) is 10.5. The van der Waals surface area contributed by atoms with E-state index in [1.54, 1.807) is 7.11 Å². The number of unbranched alkanes of at least 4 members (excludes halogenated alkanes) is 1. The van der Waals surface area contributed by atoms with Crippen molar-refractivity contribution in [2.45, 2.75) is 26.2 Å². The summed E-state index contributed by atoms with van der Waals surface area (Å²) in [6, 6.07) is 14.4. The molecule has 3 rings (SSSR count). The van der Waals surface area contributed by atoms with Crippen molar-refractivity contribution < 1.29 is 9.47 Å². The molecule has 0 aliphatic carbocycles. The smallest absolute Gasteiger partial charge is 0.120 e. The van der Waals surface area contributed by atoms with Crippen molar-refractivity contribution in [3.8, 4) is 22.8 Å². The molecule has 1 aromatic heterocycles. The van der Waals surface area contributed by atoms with Crippen LogP contribution in [-0.2, 0) is 6.42 Å². The highest BCUT2D eigenvalue weighted by atomic mass is 16.5. The summed E-state index contributed by atoms with van der Waals surface area (Å²) in [5, 5.41) is 1.23. The molecule has 0 fully saturated rings. The van der Waals surface area contributed by atoms with E-state index in [1.807, 2.05) is 25.1 Å². The lowest BCUT2D eigenvalue weighted by atomic mass is 10.00. The lowest BCUT2D eigenvalue weighted by Crippen LogP contribution is -1.99. The van der Waals surface area contributed by atoms with Gasteiger partial charge in [-0.1, -0.05) is 0 Å². The van der Waals surface area contributed by atoms with Gasteiger partial charge in [0.1, 0.15) is 11.5 Å². The first-order valence-electron chi connectivity index (χ1n) is 8.88. The molecule has 0 spiro atoms. The van der Waals surface area contributed by atoms with Gasteiger partial charge in [0.25, 0.3) is 0 Å². The van der Waals surface area contributed by atoms with E-state index < -0.39 is 0 Å². The van der Waals surface area contributed by atoms with Crippen molar-refractivity contribution in [2.24, 2.45) is 5.73 Å². The van der Waals surface area contributed by atoms with Crippen LogP contribution >= 0.6 is 0 Å². The van der Waals surface area contributed by atoms with Gasteiger partial charge < -0.3 is 20.2 Å². The molecular weight excluding hydrogens is 312 g/mol. The Kier molecular flexibility index (Phi) is 5.61. The highest BCUT2D eigenvalue weighted by Crippen LogP contribution is 2.34. The minimum atomic E-state index is 0.670. The average Bonchev–Trinajstić information content (AvgIpc) is 3.00. The van der Waals surface area contributed by atoms with Crippen molar-refractivity contribution in [3.63, 3.8) is 0 Å². The van der Waals surface area contributed by atoms with E-state index in [-0.39, 0.29) is 0 Å². The quantitative estimate of drug-likeness (QED) is 0.594. The fraction of sp³-hybridized carbons (Fsp3) is 0.333. The molecule has 0 saturated heterocycles. The van der Waals surface area contributed by atoms with Crippen LogP contribution in [0, 0.1) is 0 Å². The summed E-state index contributed by atoms with van der Waals surface area (Å²) < 4.78 is 11.0. The fourth-order valence-corrected chi connectivity index (χ4v) is 3.19. The second-order valence-corrected chi connectivity index (χ2v) is 6.09. The van der Waals surface area contributed by atoms with E-state index in [1.165, 1.54) is 16.6 Å². The van der Waals surface area contributed by atoms with E-state index in [9.17, 15) is 0 Å². The summed E-state index contributed by atoms with van der Waals surface area (Å²) in [5.74, 6) is 1.78. The number of hydrogen-bond acceptors (Lipinski definition) is 3. The van der Waals surface area contributed by atoms with Gasteiger partial charge in [-0.3, -0.25) is 0 Å². The zero-order chi connectivity index (χ0) is 17.6. The van der Waals surface area contributed by atoms with Crippen LogP contribution in [0.5, 0.6) is 11.5 Å². The molecule has 1 heterocycles. The Balaban J connectivity index is 2.06. The van der Waals surface area contributed by atoms with Gasteiger partial charge in [0.05, 0.1) is 13.7 Å². The number of benzene rings is 2. The molecule has 4 heteroatoms. The van der Waals surface area contributed by atoms with Crippen LogP contribution in [0.25, 0.3) is 22.2 Å². The highest BCUT2D eigenvalue weighted by Gasteiger charge is 2.14. The van der Waals surface area contributed by atoms with Crippen LogP contribution < -0.4 is 15.2 Å². The van der Waals surface area contributed by atoms with E-state index in [2.05, 4.69) is 29.2 Å². The van der Waals surface area contributed by atoms with Crippen LogP contribution in [-0.4, -0.2) is 25.2 Å². The Morgan fingerprint density at radius 2 is 1.76 bits per heavy atom. The van der Waals surface area contributed by atoms with Gasteiger partial charge >= 0.3 is 0 Å². The third-order valence-corrected chi connectivity index (χ3v) is 4.45. The molecule has 0 radical (unpaired) electrons. The molecule has 0 aliphatic heterocycles. The Morgan fingerprint density at radius 1 is 1.00 bits per heavy atom. The fourth-order valence-electron chi connectivity index (χ4n) is 3.19. The molecule has 0 amide bonds. The molecule has 3 N–H and O–H groups in total. The number of nitrogens with one attached hydrogen (secondary N) is 1. The molecule has 0 saturated carbocycles. The van der Waals surface area contributed by atoms with E-state index in [0.717, 1.165) is 48.4 Å². The van der Waals surface area contributed by atoms with Crippen LogP contribution in [0.3, 0.4) is 0 Å². The zero-order valence-electron chi connectivity index (χ0n) is 15.0. The van der Waals surface area contributed by atoms with Crippen LogP contribution in [0.1, 0.15) is 25.3 Å². The molecule has 25 heavy (non-hydrogen) atoms. The summed E-state index contributed by atoms with van der Waals surface area (Å²) in [6.07, 6.45) is 3.10. The SMILES string of the molecule is CCOc1ccc2[nH]c(-c3ccc(OC)cc3)c(CCCCN)c2c1. The summed E-state index contributed by atoms with van der Waals surface area (Å²) in [4.78, 5) is 3.59. The van der Waals surface area contributed by atoms with Crippen molar-refractivity contribution in [3.05, 3.63) is 48.0 Å². The molecule has 0 aliphatic rings. The lowest BCUT2D eigenvalue weighted by Gasteiger charge is -2.07. The molecule has 0 unspecified atom stereocenters. The normalized spacial score (nSPS) is 11.0. The van der Waals surface area contributed by atoms with Crippen molar-refractivity contribution in [1.82, 2.24) is 4.98 Å². The molecule has 2 aromatic carbocycles. The first kappa shape index (κ1) is 17.4. The van der Waals surface area contributed by atoms with Gasteiger partial charge in [-0.05, 0) is 86.3 Å². The van der Waals surface area contributed by atoms with Crippen LogP contribution in [0.4, 0.5) is 0 Å². The highest BCUT2D eigenvalue weighted by molar-refractivity contribution is 5.91. The number of fused-ring (bicyclic) bond motifs is 1. The summed E-state index contributed by atoms with van der Waals surface area (Å²) in [7, 11) is 1.69. The van der Waals surface area contributed by atoms with Crippen LogP contribution in [0.2, 0.25) is 0 Å². The standard InChI is InChI=1S/C21H26N2O2/c1-3-25-17-11-12-20-19(14-17)18(6-4-5-13-22)21(23-20)15-7-9-16(24-2)10-8-15/h7-12,14,23H,3-6,13,22H2,1-2H3. The van der Waals surface area contributed by atoms with Crippen molar-refractivity contribution in [1.29, 1.82) is 0 Å². The number of H-pyrrole nitrogens is 1. The number of nitrogens with two attached hydrogens (primary N) is 1. The average molecular weight is 338 g/mol. The second kappa shape index (κ2) is 8.08. The number of aromatic nitrogens is 1. The number of aryl methyl sites for hydroxylation is 1. The molecule has 3 aromatic rings. The topological polar surface area (TPSA) is 60.3 Å². The van der Waals surface area contributed by atoms with Crippen molar-refractivity contribution >= 4 is 10.9 Å². The van der Waals surface area contributed by atoms with Crippen molar-refractivity contribution in [2.75, 3.05) is 20.3 Å². The monoisotopic (exact) mass is 338 g/mol. The van der Waals surface area contributed by atoms with Gasteiger partial charge in [-0.15, -0.1) is 0 Å². The minimum absolute atomic E-state index is 0.670. The predicted molar refractivity (Wildman–Crippen MR) is 103 cm³/mol. The second-order valence-electron chi connectivity index (χ2n) is 6.09. The lowest BCUT2D eigenvalue weighted by molar-refractivity contribution is 0.340. The maximum absolute atomic E-state index is 5.69. The van der Waals surface area contributed by atoms with Gasteiger partial charge in [0, 0.05) is 16.6 Å². The maximum Gasteiger partial charge on any atom is 0.120 e. The predicted octanol–water partition coefficient (Wildman–Crippen LogP) is 4.52. The number of ether oxygens (including phenoxy) is 2. The molecule has 4 nitrogen and oxygen atoms in total. The minimum Gasteiger partial charge on any atom is -0.497 e. The summed E-state index contributed by atoms with van der Waals surface area (Å²) in [6.45, 7) is 3.40. The first-order chi connectivity index (χ1) is 12.3. The Hall–Kier alpha value is -2.46. The Labute approximate surface area is 149 Å². The van der Waals surface area contributed by atoms with Gasteiger partial charge in [0.15, 0.2) is 0 Å². The zero-order valence-corrected chi connectivity index (χ0v) is 15.0. The third kappa shape index (κ3) is 3.80. The molecule has 0 bridgehead atoms. The maximum atomic E-state index is 5.69. The Morgan fingerprint density at radius 3 is 2.44 bits per heavy atom. The number of methoxy groups -OCH3 is 1. The number of hydrogen-bond donors (Lipinski definition) is 2. The van der Waals surface area contributed by atoms with E-state index >= 15 is 0 Å². The first-order valence-corrected chi connectivity index (χ1v) is 8.88. The molecule has 0 atom stereocenters. The molecule has 132 valence electrons. The number of rotatable bonds is 8. The number of aromatic amines is 1.